The predicted octanol–water partition coefficient (Wildman–Crippen LogP) is 6.76. The molecule has 0 spiro atoms. The summed E-state index contributed by atoms with van der Waals surface area (Å²) in [6, 6.07) is 0. The number of hydrogen-bond acceptors (Lipinski definition) is 1. The molecule has 0 fully saturated rings. The maximum Gasteiger partial charge on any atom is -0.00773 e. The molecule has 126 valence electrons. The van der Waals surface area contributed by atoms with Crippen molar-refractivity contribution in [3.8, 4) is 0 Å². The van der Waals surface area contributed by atoms with Gasteiger partial charge in [-0.3, -0.25) is 0 Å². The molecule has 0 aromatic rings. The molecule has 0 aromatic carbocycles. The highest BCUT2D eigenvalue weighted by atomic mass is 14.5. The van der Waals surface area contributed by atoms with Crippen LogP contribution in [0.1, 0.15) is 110 Å². The minimum absolute atomic E-state index is 0.869. The van der Waals surface area contributed by atoms with Gasteiger partial charge in [0.25, 0.3) is 0 Å². The second-order valence-corrected chi connectivity index (χ2v) is 6.43. The lowest BCUT2D eigenvalue weighted by Crippen LogP contribution is -1.97. The van der Waals surface area contributed by atoms with Crippen molar-refractivity contribution in [2.24, 2.45) is 5.73 Å². The quantitative estimate of drug-likeness (QED) is 0.233. The van der Waals surface area contributed by atoms with Crippen LogP contribution in [0.5, 0.6) is 0 Å². The van der Waals surface area contributed by atoms with E-state index in [-0.39, 0.29) is 0 Å². The van der Waals surface area contributed by atoms with Crippen molar-refractivity contribution in [3.63, 3.8) is 0 Å². The minimum Gasteiger partial charge on any atom is -0.330 e. The summed E-state index contributed by atoms with van der Waals surface area (Å²) in [4.78, 5) is 0. The first kappa shape index (κ1) is 20.7. The molecule has 0 aliphatic carbocycles. The van der Waals surface area contributed by atoms with E-state index in [1.165, 1.54) is 103 Å². The Morgan fingerprint density at radius 1 is 0.524 bits per heavy atom. The van der Waals surface area contributed by atoms with Crippen LogP contribution in [-0.2, 0) is 0 Å². The molecule has 0 aromatic heterocycles. The van der Waals surface area contributed by atoms with Crippen LogP contribution >= 0.6 is 0 Å². The Hall–Kier alpha value is -0.300. The summed E-state index contributed by atoms with van der Waals surface area (Å²) >= 11 is 0. The summed E-state index contributed by atoms with van der Waals surface area (Å²) in [5.74, 6) is 0. The van der Waals surface area contributed by atoms with E-state index in [0.29, 0.717) is 0 Å². The SMILES string of the molecule is CCCCC/C=C/CCCCCCCCCCCCCN. The van der Waals surface area contributed by atoms with Gasteiger partial charge in [-0.15, -0.1) is 0 Å². The standard InChI is InChI=1S/C20H41N/c1-2-3-4-5-6-7-8-9-10-11-12-13-14-15-16-17-18-19-20-21/h6-7H,2-5,8-21H2,1H3/b7-6+. The first-order valence-corrected chi connectivity index (χ1v) is 9.77. The fourth-order valence-electron chi connectivity index (χ4n) is 2.75. The Labute approximate surface area is 134 Å². The van der Waals surface area contributed by atoms with Crippen LogP contribution in [0.2, 0.25) is 0 Å². The Bertz CT molecular complexity index is 198. The lowest BCUT2D eigenvalue weighted by atomic mass is 10.0. The molecular formula is C20H41N. The van der Waals surface area contributed by atoms with Gasteiger partial charge < -0.3 is 5.73 Å². The van der Waals surface area contributed by atoms with Crippen LogP contribution in [0.15, 0.2) is 12.2 Å². The molecular weight excluding hydrogens is 254 g/mol. The molecule has 0 bridgehead atoms. The van der Waals surface area contributed by atoms with Gasteiger partial charge in [0.1, 0.15) is 0 Å². The van der Waals surface area contributed by atoms with E-state index in [1.807, 2.05) is 0 Å². The van der Waals surface area contributed by atoms with Gasteiger partial charge in [0.15, 0.2) is 0 Å². The third kappa shape index (κ3) is 19.7. The highest BCUT2D eigenvalue weighted by Gasteiger charge is 1.93. The minimum atomic E-state index is 0.869. The molecule has 0 saturated carbocycles. The third-order valence-electron chi connectivity index (χ3n) is 4.22. The van der Waals surface area contributed by atoms with Gasteiger partial charge in [0.05, 0.1) is 0 Å². The van der Waals surface area contributed by atoms with Crippen LogP contribution in [0.25, 0.3) is 0 Å². The van der Waals surface area contributed by atoms with Crippen LogP contribution < -0.4 is 5.73 Å². The van der Waals surface area contributed by atoms with Crippen molar-refractivity contribution in [2.75, 3.05) is 6.54 Å². The molecule has 0 aliphatic heterocycles. The lowest BCUT2D eigenvalue weighted by molar-refractivity contribution is 0.547. The smallest absolute Gasteiger partial charge is 0.00773 e. The number of rotatable bonds is 17. The lowest BCUT2D eigenvalue weighted by Gasteiger charge is -2.02. The van der Waals surface area contributed by atoms with Gasteiger partial charge in [0, 0.05) is 0 Å². The van der Waals surface area contributed by atoms with Gasteiger partial charge in [-0.05, 0) is 38.6 Å². The average molecular weight is 296 g/mol. The molecule has 0 heterocycles. The zero-order chi connectivity index (χ0) is 15.4. The molecule has 1 heteroatoms. The average Bonchev–Trinajstić information content (AvgIpc) is 2.50. The first-order chi connectivity index (χ1) is 10.4. The molecule has 0 saturated heterocycles. The molecule has 0 radical (unpaired) electrons. The summed E-state index contributed by atoms with van der Waals surface area (Å²) in [5, 5.41) is 0. The second kappa shape index (κ2) is 19.7. The molecule has 0 unspecified atom stereocenters. The summed E-state index contributed by atoms with van der Waals surface area (Å²) in [6.45, 7) is 3.14. The van der Waals surface area contributed by atoms with E-state index in [0.717, 1.165) is 6.54 Å². The predicted molar refractivity (Wildman–Crippen MR) is 97.7 cm³/mol. The first-order valence-electron chi connectivity index (χ1n) is 9.77. The van der Waals surface area contributed by atoms with E-state index < -0.39 is 0 Å². The van der Waals surface area contributed by atoms with Gasteiger partial charge in [-0.2, -0.15) is 0 Å². The largest absolute Gasteiger partial charge is 0.330 e. The topological polar surface area (TPSA) is 26.0 Å². The summed E-state index contributed by atoms with van der Waals surface area (Å²) in [6.07, 6.45) is 26.9. The maximum atomic E-state index is 5.49. The molecule has 0 amide bonds. The van der Waals surface area contributed by atoms with Crippen molar-refractivity contribution < 1.29 is 0 Å². The highest BCUT2D eigenvalue weighted by molar-refractivity contribution is 4.81. The second-order valence-electron chi connectivity index (χ2n) is 6.43. The van der Waals surface area contributed by atoms with E-state index in [1.54, 1.807) is 0 Å². The van der Waals surface area contributed by atoms with Gasteiger partial charge in [-0.1, -0.05) is 89.7 Å². The fourth-order valence-corrected chi connectivity index (χ4v) is 2.75. The highest BCUT2D eigenvalue weighted by Crippen LogP contribution is 2.12. The number of hydrogen-bond donors (Lipinski definition) is 1. The molecule has 0 atom stereocenters. The van der Waals surface area contributed by atoms with Crippen LogP contribution in [0.4, 0.5) is 0 Å². The van der Waals surface area contributed by atoms with Crippen molar-refractivity contribution in [2.45, 2.75) is 110 Å². The van der Waals surface area contributed by atoms with E-state index in [9.17, 15) is 0 Å². The molecule has 0 rings (SSSR count). The zero-order valence-electron chi connectivity index (χ0n) is 14.8. The Kier molecular flexibility index (Phi) is 19.4. The molecule has 1 nitrogen and oxygen atoms in total. The van der Waals surface area contributed by atoms with E-state index >= 15 is 0 Å². The summed E-state index contributed by atoms with van der Waals surface area (Å²) in [7, 11) is 0. The van der Waals surface area contributed by atoms with Gasteiger partial charge >= 0.3 is 0 Å². The normalized spacial score (nSPS) is 11.5. The van der Waals surface area contributed by atoms with Crippen molar-refractivity contribution in [1.29, 1.82) is 0 Å². The summed E-state index contributed by atoms with van der Waals surface area (Å²) in [5.41, 5.74) is 5.49. The Morgan fingerprint density at radius 3 is 1.33 bits per heavy atom. The summed E-state index contributed by atoms with van der Waals surface area (Å²) < 4.78 is 0. The van der Waals surface area contributed by atoms with Crippen LogP contribution in [0, 0.1) is 0 Å². The van der Waals surface area contributed by atoms with Crippen molar-refractivity contribution in [1.82, 2.24) is 0 Å². The Morgan fingerprint density at radius 2 is 0.905 bits per heavy atom. The van der Waals surface area contributed by atoms with E-state index in [4.69, 9.17) is 5.73 Å². The van der Waals surface area contributed by atoms with Crippen LogP contribution in [-0.4, -0.2) is 6.54 Å². The molecule has 0 aliphatic rings. The zero-order valence-corrected chi connectivity index (χ0v) is 14.8. The van der Waals surface area contributed by atoms with Crippen molar-refractivity contribution in [3.05, 3.63) is 12.2 Å². The Balaban J connectivity index is 2.99. The van der Waals surface area contributed by atoms with Gasteiger partial charge in [0.2, 0.25) is 0 Å². The maximum absolute atomic E-state index is 5.49. The third-order valence-corrected chi connectivity index (χ3v) is 4.22. The van der Waals surface area contributed by atoms with Crippen LogP contribution in [0.3, 0.4) is 0 Å². The van der Waals surface area contributed by atoms with Crippen molar-refractivity contribution >= 4 is 0 Å². The number of nitrogens with two attached hydrogens (primary N) is 1. The molecule has 2 N–H and O–H groups in total. The number of allylic oxidation sites excluding steroid dienone is 2. The number of unbranched alkanes of at least 4 members (excludes halogenated alkanes) is 14. The fraction of sp³-hybridized carbons (Fsp3) is 0.900. The monoisotopic (exact) mass is 295 g/mol. The van der Waals surface area contributed by atoms with E-state index in [2.05, 4.69) is 19.1 Å². The molecule has 21 heavy (non-hydrogen) atoms. The van der Waals surface area contributed by atoms with Gasteiger partial charge in [-0.25, -0.2) is 0 Å².